The van der Waals surface area contributed by atoms with E-state index in [4.69, 9.17) is 9.47 Å². The van der Waals surface area contributed by atoms with Gasteiger partial charge in [-0.25, -0.2) is 9.18 Å². The highest BCUT2D eigenvalue weighted by Crippen LogP contribution is 2.31. The molecule has 1 aromatic carbocycles. The first-order valence-corrected chi connectivity index (χ1v) is 7.80. The third-order valence-electron chi connectivity index (χ3n) is 4.06. The monoisotopic (exact) mass is 308 g/mol. The summed E-state index contributed by atoms with van der Waals surface area (Å²) in [7, 11) is 0. The van der Waals surface area contributed by atoms with E-state index in [2.05, 4.69) is 10.6 Å². The van der Waals surface area contributed by atoms with E-state index in [1.165, 1.54) is 12.1 Å². The zero-order valence-electron chi connectivity index (χ0n) is 12.4. The minimum absolute atomic E-state index is 0.105. The van der Waals surface area contributed by atoms with Crippen LogP contribution >= 0.6 is 0 Å². The van der Waals surface area contributed by atoms with Crippen molar-refractivity contribution >= 4 is 6.03 Å². The quantitative estimate of drug-likeness (QED) is 0.902. The Labute approximate surface area is 129 Å². The highest BCUT2D eigenvalue weighted by atomic mass is 19.1. The van der Waals surface area contributed by atoms with Gasteiger partial charge in [0.05, 0.1) is 18.8 Å². The maximum atomic E-state index is 13.5. The van der Waals surface area contributed by atoms with Gasteiger partial charge >= 0.3 is 6.03 Å². The highest BCUT2D eigenvalue weighted by Gasteiger charge is 2.23. The Morgan fingerprint density at radius 2 is 2.14 bits per heavy atom. The molecule has 0 aromatic heterocycles. The van der Waals surface area contributed by atoms with Crippen LogP contribution in [-0.2, 0) is 4.74 Å². The van der Waals surface area contributed by atoms with Gasteiger partial charge in [-0.2, -0.15) is 0 Å². The number of carbonyl (C=O) groups is 1. The smallest absolute Gasteiger partial charge is 0.315 e. The summed E-state index contributed by atoms with van der Waals surface area (Å²) in [4.78, 5) is 12.1. The van der Waals surface area contributed by atoms with Crippen molar-refractivity contribution in [1.82, 2.24) is 10.6 Å². The first kappa shape index (κ1) is 15.1. The summed E-state index contributed by atoms with van der Waals surface area (Å²) in [5, 5.41) is 5.74. The molecule has 22 heavy (non-hydrogen) atoms. The van der Waals surface area contributed by atoms with Gasteiger partial charge in [0.15, 0.2) is 0 Å². The molecule has 0 radical (unpaired) electrons. The standard InChI is InChI=1S/C16H21FN2O3/c17-11-5-6-15-13(9-11)14(4-2-8-22-15)19-16(20)18-10-12-3-1-7-21-12/h5-6,9,12,14H,1-4,7-8,10H2,(H2,18,19,20)/t12-,14+/m1/s1. The van der Waals surface area contributed by atoms with Gasteiger partial charge < -0.3 is 20.1 Å². The van der Waals surface area contributed by atoms with Crippen molar-refractivity contribution in [3.05, 3.63) is 29.6 Å². The van der Waals surface area contributed by atoms with Crippen LogP contribution in [0.2, 0.25) is 0 Å². The molecule has 2 heterocycles. The number of fused-ring (bicyclic) bond motifs is 1. The topological polar surface area (TPSA) is 59.6 Å². The Kier molecular flexibility index (Phi) is 4.77. The van der Waals surface area contributed by atoms with Crippen LogP contribution in [0.1, 0.15) is 37.3 Å². The van der Waals surface area contributed by atoms with Crippen molar-refractivity contribution in [2.75, 3.05) is 19.8 Å². The molecule has 6 heteroatoms. The fraction of sp³-hybridized carbons (Fsp3) is 0.562. The number of halogens is 1. The molecule has 1 fully saturated rings. The molecule has 1 aromatic rings. The van der Waals surface area contributed by atoms with Crippen LogP contribution < -0.4 is 15.4 Å². The number of ether oxygens (including phenoxy) is 2. The minimum Gasteiger partial charge on any atom is -0.493 e. The van der Waals surface area contributed by atoms with Gasteiger partial charge in [-0.15, -0.1) is 0 Å². The molecule has 3 rings (SSSR count). The molecule has 2 amide bonds. The van der Waals surface area contributed by atoms with Crippen LogP contribution in [0.3, 0.4) is 0 Å². The van der Waals surface area contributed by atoms with E-state index in [-0.39, 0.29) is 24.0 Å². The lowest BCUT2D eigenvalue weighted by Gasteiger charge is -2.19. The van der Waals surface area contributed by atoms with Crippen molar-refractivity contribution in [3.8, 4) is 5.75 Å². The van der Waals surface area contributed by atoms with E-state index in [0.717, 1.165) is 32.3 Å². The summed E-state index contributed by atoms with van der Waals surface area (Å²) in [6.07, 6.45) is 3.66. The number of urea groups is 1. The Bertz CT molecular complexity index is 532. The maximum Gasteiger partial charge on any atom is 0.315 e. The second-order valence-electron chi connectivity index (χ2n) is 5.71. The minimum atomic E-state index is -0.323. The van der Waals surface area contributed by atoms with Crippen LogP contribution in [0.4, 0.5) is 9.18 Å². The molecular weight excluding hydrogens is 287 g/mol. The van der Waals surface area contributed by atoms with Gasteiger partial charge in [-0.05, 0) is 43.9 Å². The second kappa shape index (κ2) is 6.96. The van der Waals surface area contributed by atoms with Crippen molar-refractivity contribution in [1.29, 1.82) is 0 Å². The number of hydrogen-bond donors (Lipinski definition) is 2. The molecule has 120 valence electrons. The third-order valence-corrected chi connectivity index (χ3v) is 4.06. The first-order chi connectivity index (χ1) is 10.7. The van der Waals surface area contributed by atoms with Crippen LogP contribution in [0.15, 0.2) is 18.2 Å². The largest absolute Gasteiger partial charge is 0.493 e. The van der Waals surface area contributed by atoms with E-state index in [0.29, 0.717) is 24.5 Å². The fourth-order valence-electron chi connectivity index (χ4n) is 2.92. The molecule has 2 atom stereocenters. The number of benzene rings is 1. The Morgan fingerprint density at radius 3 is 2.95 bits per heavy atom. The van der Waals surface area contributed by atoms with Crippen molar-refractivity contribution in [3.63, 3.8) is 0 Å². The SMILES string of the molecule is O=C(NC[C@H]1CCCO1)N[C@H]1CCCOc2ccc(F)cc21. The highest BCUT2D eigenvalue weighted by molar-refractivity contribution is 5.74. The first-order valence-electron chi connectivity index (χ1n) is 7.80. The van der Waals surface area contributed by atoms with E-state index in [9.17, 15) is 9.18 Å². The summed E-state index contributed by atoms with van der Waals surface area (Å²) in [5.74, 6) is 0.319. The Morgan fingerprint density at radius 1 is 1.27 bits per heavy atom. The van der Waals surface area contributed by atoms with Gasteiger partial charge in [-0.3, -0.25) is 0 Å². The molecule has 2 aliphatic heterocycles. The molecule has 1 saturated heterocycles. The average Bonchev–Trinajstić information content (AvgIpc) is 2.95. The number of rotatable bonds is 3. The number of nitrogens with one attached hydrogen (secondary N) is 2. The molecule has 0 spiro atoms. The Hall–Kier alpha value is -1.82. The van der Waals surface area contributed by atoms with Crippen molar-refractivity contribution in [2.45, 2.75) is 37.8 Å². The zero-order chi connectivity index (χ0) is 15.4. The van der Waals surface area contributed by atoms with Gasteiger partial charge in [0.1, 0.15) is 11.6 Å². The summed E-state index contributed by atoms with van der Waals surface area (Å²) < 4.78 is 24.6. The second-order valence-corrected chi connectivity index (χ2v) is 5.71. The third kappa shape index (κ3) is 3.68. The molecule has 0 saturated carbocycles. The fourth-order valence-corrected chi connectivity index (χ4v) is 2.92. The van der Waals surface area contributed by atoms with Crippen LogP contribution in [0, 0.1) is 5.82 Å². The maximum absolute atomic E-state index is 13.5. The lowest BCUT2D eigenvalue weighted by molar-refractivity contribution is 0.111. The molecule has 2 aliphatic rings. The predicted octanol–water partition coefficient (Wildman–Crippen LogP) is 2.52. The van der Waals surface area contributed by atoms with Gasteiger partial charge in [0, 0.05) is 18.7 Å². The van der Waals surface area contributed by atoms with E-state index in [1.54, 1.807) is 6.07 Å². The van der Waals surface area contributed by atoms with Crippen LogP contribution in [0.5, 0.6) is 5.75 Å². The molecule has 0 bridgehead atoms. The van der Waals surface area contributed by atoms with E-state index in [1.807, 2.05) is 0 Å². The van der Waals surface area contributed by atoms with Crippen LogP contribution in [-0.4, -0.2) is 31.9 Å². The number of hydrogen-bond acceptors (Lipinski definition) is 3. The summed E-state index contributed by atoms with van der Waals surface area (Å²) >= 11 is 0. The van der Waals surface area contributed by atoms with Crippen molar-refractivity contribution in [2.24, 2.45) is 0 Å². The van der Waals surface area contributed by atoms with E-state index >= 15 is 0 Å². The molecule has 0 aliphatic carbocycles. The number of amides is 2. The van der Waals surface area contributed by atoms with Crippen LogP contribution in [0.25, 0.3) is 0 Å². The van der Waals surface area contributed by atoms with E-state index < -0.39 is 0 Å². The predicted molar refractivity (Wildman–Crippen MR) is 79.4 cm³/mol. The Balaban J connectivity index is 1.61. The molecule has 5 nitrogen and oxygen atoms in total. The summed E-state index contributed by atoms with van der Waals surface area (Å²) in [6.45, 7) is 1.85. The average molecular weight is 308 g/mol. The lowest BCUT2D eigenvalue weighted by atomic mass is 10.0. The molecule has 0 unspecified atom stereocenters. The summed E-state index contributed by atoms with van der Waals surface area (Å²) in [5.41, 5.74) is 0.699. The molecule has 2 N–H and O–H groups in total. The lowest BCUT2D eigenvalue weighted by Crippen LogP contribution is -2.41. The van der Waals surface area contributed by atoms with Gasteiger partial charge in [0.25, 0.3) is 0 Å². The summed E-state index contributed by atoms with van der Waals surface area (Å²) in [6, 6.07) is 3.94. The van der Waals surface area contributed by atoms with Crippen molar-refractivity contribution < 1.29 is 18.7 Å². The van der Waals surface area contributed by atoms with Gasteiger partial charge in [-0.1, -0.05) is 0 Å². The normalized spacial score (nSPS) is 24.0. The zero-order valence-corrected chi connectivity index (χ0v) is 12.4. The molecular formula is C16H21FN2O3. The number of carbonyl (C=O) groups excluding carboxylic acids is 1. The van der Waals surface area contributed by atoms with Gasteiger partial charge in [0.2, 0.25) is 0 Å².